The number of hydrogen-bond donors (Lipinski definition) is 2. The normalized spacial score (nSPS) is 14.5. The van der Waals surface area contributed by atoms with Crippen LogP contribution in [0.5, 0.6) is 0 Å². The average molecular weight is 535 g/mol. The lowest BCUT2D eigenvalue weighted by Crippen LogP contribution is -2.63. The zero-order valence-electron chi connectivity index (χ0n) is 22.3. The van der Waals surface area contributed by atoms with Crippen molar-refractivity contribution in [3.05, 3.63) is 35.9 Å². The molecule has 11 nitrogen and oxygen atoms in total. The van der Waals surface area contributed by atoms with E-state index < -0.39 is 61.3 Å². The summed E-state index contributed by atoms with van der Waals surface area (Å²) in [7, 11) is 0. The van der Waals surface area contributed by atoms with Gasteiger partial charge >= 0.3 is 24.0 Å². The number of alkyl carbamates (subject to hydrolysis) is 1. The molecule has 38 heavy (non-hydrogen) atoms. The lowest BCUT2D eigenvalue weighted by Gasteiger charge is -2.35. The number of benzene rings is 1. The maximum Gasteiger partial charge on any atom is 0.408 e. The van der Waals surface area contributed by atoms with Crippen molar-refractivity contribution >= 4 is 29.9 Å². The minimum atomic E-state index is -1.57. The fraction of sp³-hybridized carbons (Fsp3) is 0.593. The van der Waals surface area contributed by atoms with Crippen molar-refractivity contribution in [2.24, 2.45) is 5.92 Å². The van der Waals surface area contributed by atoms with Crippen LogP contribution in [0.2, 0.25) is 0 Å². The van der Waals surface area contributed by atoms with Gasteiger partial charge in [-0.2, -0.15) is 0 Å². The molecule has 1 atom stereocenters. The van der Waals surface area contributed by atoms with Crippen molar-refractivity contribution in [3.63, 3.8) is 0 Å². The van der Waals surface area contributed by atoms with E-state index in [1.807, 2.05) is 30.3 Å². The van der Waals surface area contributed by atoms with Crippen molar-refractivity contribution in [2.45, 2.75) is 77.5 Å². The van der Waals surface area contributed by atoms with E-state index in [0.29, 0.717) is 6.42 Å². The van der Waals surface area contributed by atoms with E-state index in [-0.39, 0.29) is 12.5 Å². The fourth-order valence-corrected chi connectivity index (χ4v) is 4.20. The predicted molar refractivity (Wildman–Crippen MR) is 136 cm³/mol. The van der Waals surface area contributed by atoms with Crippen LogP contribution < -0.4 is 10.6 Å². The molecular formula is C27H38N2O9. The number of amides is 2. The Bertz CT molecular complexity index is 900. The van der Waals surface area contributed by atoms with Gasteiger partial charge in [0.2, 0.25) is 5.91 Å². The van der Waals surface area contributed by atoms with E-state index in [1.54, 1.807) is 0 Å². The van der Waals surface area contributed by atoms with Crippen LogP contribution in [0.25, 0.3) is 0 Å². The van der Waals surface area contributed by atoms with Gasteiger partial charge in [-0.1, -0.05) is 62.4 Å². The SMILES string of the molecule is CC(=O)OCC(COC(C)=O)(COC(C)=O)NC(=O)[C@H](CC1CCCCC1)NC(=O)OCc1ccccc1. The van der Waals surface area contributed by atoms with Gasteiger partial charge in [0.25, 0.3) is 0 Å². The molecular weight excluding hydrogens is 496 g/mol. The highest BCUT2D eigenvalue weighted by Gasteiger charge is 2.39. The smallest absolute Gasteiger partial charge is 0.408 e. The molecule has 0 bridgehead atoms. The molecule has 1 aromatic rings. The fourth-order valence-electron chi connectivity index (χ4n) is 4.20. The lowest BCUT2D eigenvalue weighted by molar-refractivity contribution is -0.156. The summed E-state index contributed by atoms with van der Waals surface area (Å²) in [4.78, 5) is 60.9. The molecule has 1 saturated carbocycles. The molecule has 2 rings (SSSR count). The maximum atomic E-state index is 13.6. The summed E-state index contributed by atoms with van der Waals surface area (Å²) < 4.78 is 20.7. The first-order valence-corrected chi connectivity index (χ1v) is 12.8. The number of rotatable bonds is 13. The summed E-state index contributed by atoms with van der Waals surface area (Å²) in [5.41, 5.74) is -0.778. The molecule has 1 aliphatic rings. The highest BCUT2D eigenvalue weighted by molar-refractivity contribution is 5.86. The molecule has 0 unspecified atom stereocenters. The predicted octanol–water partition coefficient (Wildman–Crippen LogP) is 2.80. The molecule has 0 saturated heterocycles. The summed E-state index contributed by atoms with van der Waals surface area (Å²) in [5.74, 6) is -2.33. The first-order valence-electron chi connectivity index (χ1n) is 12.8. The summed E-state index contributed by atoms with van der Waals surface area (Å²) >= 11 is 0. The quantitative estimate of drug-likeness (QED) is 0.288. The Hall–Kier alpha value is -3.63. The van der Waals surface area contributed by atoms with Crippen molar-refractivity contribution in [1.29, 1.82) is 0 Å². The van der Waals surface area contributed by atoms with Gasteiger partial charge in [0.05, 0.1) is 0 Å². The number of ether oxygens (including phenoxy) is 4. The van der Waals surface area contributed by atoms with Gasteiger partial charge in [0.15, 0.2) is 0 Å². The Morgan fingerprint density at radius 3 is 1.84 bits per heavy atom. The Morgan fingerprint density at radius 1 is 0.816 bits per heavy atom. The highest BCUT2D eigenvalue weighted by atomic mass is 16.6. The van der Waals surface area contributed by atoms with Crippen LogP contribution in [0.15, 0.2) is 30.3 Å². The van der Waals surface area contributed by atoms with E-state index in [4.69, 9.17) is 18.9 Å². The van der Waals surface area contributed by atoms with Crippen LogP contribution in [-0.4, -0.2) is 61.3 Å². The Labute approximate surface area is 222 Å². The first-order chi connectivity index (χ1) is 18.1. The summed E-state index contributed by atoms with van der Waals surface area (Å²) in [6, 6.07) is 8.13. The van der Waals surface area contributed by atoms with E-state index in [0.717, 1.165) is 37.7 Å². The van der Waals surface area contributed by atoms with Crippen LogP contribution in [0.1, 0.15) is 64.9 Å². The van der Waals surface area contributed by atoms with E-state index in [2.05, 4.69) is 10.6 Å². The zero-order valence-corrected chi connectivity index (χ0v) is 22.3. The third-order valence-electron chi connectivity index (χ3n) is 6.16. The molecule has 0 aromatic heterocycles. The highest BCUT2D eigenvalue weighted by Crippen LogP contribution is 2.27. The molecule has 0 spiro atoms. The molecule has 2 N–H and O–H groups in total. The minimum absolute atomic E-state index is 0.0275. The molecule has 2 amide bonds. The van der Waals surface area contributed by atoms with Crippen LogP contribution in [-0.2, 0) is 44.7 Å². The number of carbonyl (C=O) groups is 5. The van der Waals surface area contributed by atoms with Gasteiger partial charge in [-0.05, 0) is 17.9 Å². The first kappa shape index (κ1) is 30.6. The Balaban J connectivity index is 2.22. The van der Waals surface area contributed by atoms with Crippen LogP contribution in [0.3, 0.4) is 0 Å². The van der Waals surface area contributed by atoms with Crippen molar-refractivity contribution in [2.75, 3.05) is 19.8 Å². The molecule has 1 aliphatic carbocycles. The maximum absolute atomic E-state index is 13.6. The summed E-state index contributed by atoms with van der Waals surface area (Å²) in [6.07, 6.45) is 4.62. The minimum Gasteiger partial charge on any atom is -0.463 e. The average Bonchev–Trinajstić information content (AvgIpc) is 2.89. The van der Waals surface area contributed by atoms with Crippen LogP contribution >= 0.6 is 0 Å². The second-order valence-electron chi connectivity index (χ2n) is 9.61. The molecule has 210 valence electrons. The molecule has 1 aromatic carbocycles. The topological polar surface area (TPSA) is 146 Å². The van der Waals surface area contributed by atoms with Crippen LogP contribution in [0.4, 0.5) is 4.79 Å². The lowest BCUT2D eigenvalue weighted by atomic mass is 9.84. The Kier molecular flexibility index (Phi) is 12.5. The second kappa shape index (κ2) is 15.6. The van der Waals surface area contributed by atoms with Gasteiger partial charge in [-0.15, -0.1) is 0 Å². The third kappa shape index (κ3) is 11.6. The van der Waals surface area contributed by atoms with Crippen LogP contribution in [0, 0.1) is 5.92 Å². The van der Waals surface area contributed by atoms with E-state index in [9.17, 15) is 24.0 Å². The summed E-state index contributed by atoms with van der Waals surface area (Å²) in [5, 5.41) is 5.38. The Morgan fingerprint density at radius 2 is 1.34 bits per heavy atom. The second-order valence-corrected chi connectivity index (χ2v) is 9.61. The number of nitrogens with one attached hydrogen (secondary N) is 2. The van der Waals surface area contributed by atoms with Gasteiger partial charge in [-0.3, -0.25) is 19.2 Å². The molecule has 0 heterocycles. The molecule has 0 radical (unpaired) electrons. The monoisotopic (exact) mass is 534 g/mol. The molecule has 1 fully saturated rings. The number of carbonyl (C=O) groups excluding carboxylic acids is 5. The van der Waals surface area contributed by atoms with Gasteiger partial charge in [0, 0.05) is 20.8 Å². The molecule has 0 aliphatic heterocycles. The van der Waals surface area contributed by atoms with Crippen molar-refractivity contribution in [3.8, 4) is 0 Å². The standard InChI is InChI=1S/C27H38N2O9/c1-19(30)36-16-27(17-37-20(2)31,18-38-21(3)32)29-25(33)24(14-22-10-6-4-7-11-22)28-26(34)35-15-23-12-8-5-9-13-23/h5,8-9,12-13,22,24H,4,6-7,10-11,14-18H2,1-3H3,(H,28,34)(H,29,33)/t24-/m0/s1. The van der Waals surface area contributed by atoms with E-state index >= 15 is 0 Å². The third-order valence-corrected chi connectivity index (χ3v) is 6.16. The number of esters is 3. The summed E-state index contributed by atoms with van der Waals surface area (Å²) in [6.45, 7) is 2.29. The number of hydrogen-bond acceptors (Lipinski definition) is 9. The van der Waals surface area contributed by atoms with Gasteiger partial charge in [-0.25, -0.2) is 4.79 Å². The van der Waals surface area contributed by atoms with Crippen molar-refractivity contribution in [1.82, 2.24) is 10.6 Å². The van der Waals surface area contributed by atoms with Crippen molar-refractivity contribution < 1.29 is 42.9 Å². The zero-order chi connectivity index (χ0) is 28.0. The largest absolute Gasteiger partial charge is 0.463 e. The van der Waals surface area contributed by atoms with Gasteiger partial charge in [0.1, 0.15) is 38.0 Å². The van der Waals surface area contributed by atoms with Gasteiger partial charge < -0.3 is 29.6 Å². The van der Waals surface area contributed by atoms with E-state index in [1.165, 1.54) is 20.8 Å². The molecule has 11 heteroatoms.